The number of nitrogens with zero attached hydrogens (tertiary/aromatic N) is 1. The summed E-state index contributed by atoms with van der Waals surface area (Å²) < 4.78 is 6.11. The molecule has 6 heteroatoms. The van der Waals surface area contributed by atoms with E-state index in [4.69, 9.17) is 16.3 Å². The Morgan fingerprint density at radius 2 is 2.45 bits per heavy atom. The first-order chi connectivity index (χ1) is 9.60. The molecule has 4 nitrogen and oxygen atoms in total. The zero-order valence-corrected chi connectivity index (χ0v) is 13.5. The van der Waals surface area contributed by atoms with Crippen molar-refractivity contribution in [3.8, 4) is 0 Å². The molecule has 2 rings (SSSR count). The Labute approximate surface area is 129 Å². The molecule has 0 unspecified atom stereocenters. The van der Waals surface area contributed by atoms with Crippen LogP contribution < -0.4 is 5.32 Å². The van der Waals surface area contributed by atoms with Crippen molar-refractivity contribution in [2.75, 3.05) is 26.3 Å². The zero-order valence-electron chi connectivity index (χ0n) is 11.9. The van der Waals surface area contributed by atoms with Crippen molar-refractivity contribution < 1.29 is 9.53 Å². The topological polar surface area (TPSA) is 41.6 Å². The summed E-state index contributed by atoms with van der Waals surface area (Å²) in [6.07, 6.45) is 1.04. The number of nitrogens with one attached hydrogen (secondary N) is 1. The van der Waals surface area contributed by atoms with Gasteiger partial charge in [-0.15, -0.1) is 11.3 Å². The average molecular weight is 317 g/mol. The van der Waals surface area contributed by atoms with Gasteiger partial charge >= 0.3 is 6.03 Å². The average Bonchev–Trinajstić information content (AvgIpc) is 3.06. The minimum absolute atomic E-state index is 0.0172. The third kappa shape index (κ3) is 4.11. The number of carbonyl (C=O) groups excluding carboxylic acids is 1. The van der Waals surface area contributed by atoms with E-state index in [1.165, 1.54) is 11.3 Å². The van der Waals surface area contributed by atoms with Crippen LogP contribution in [-0.2, 0) is 4.74 Å². The quantitative estimate of drug-likeness (QED) is 0.903. The van der Waals surface area contributed by atoms with Crippen LogP contribution in [0.1, 0.15) is 31.2 Å². The summed E-state index contributed by atoms with van der Waals surface area (Å²) in [6, 6.07) is 3.78. The fourth-order valence-electron chi connectivity index (χ4n) is 2.30. The summed E-state index contributed by atoms with van der Waals surface area (Å²) in [5, 5.41) is 3.03. The molecule has 2 amide bonds. The number of halogens is 1. The van der Waals surface area contributed by atoms with E-state index in [1.54, 1.807) is 0 Å². The van der Waals surface area contributed by atoms with Crippen LogP contribution in [0.15, 0.2) is 12.1 Å². The molecule has 0 aromatic carbocycles. The van der Waals surface area contributed by atoms with Crippen LogP contribution in [0.5, 0.6) is 0 Å². The Kier molecular flexibility index (Phi) is 5.69. The molecule has 20 heavy (non-hydrogen) atoms. The first-order valence-electron chi connectivity index (χ1n) is 6.98. The molecule has 1 aromatic heterocycles. The lowest BCUT2D eigenvalue weighted by Crippen LogP contribution is -2.43. The van der Waals surface area contributed by atoms with Gasteiger partial charge in [-0.3, -0.25) is 0 Å². The third-order valence-electron chi connectivity index (χ3n) is 3.53. The number of amides is 2. The molecule has 1 aliphatic heterocycles. The van der Waals surface area contributed by atoms with Gasteiger partial charge in [0.2, 0.25) is 0 Å². The lowest BCUT2D eigenvalue weighted by molar-refractivity contribution is 0.165. The van der Waals surface area contributed by atoms with E-state index in [9.17, 15) is 4.79 Å². The Morgan fingerprint density at radius 1 is 1.65 bits per heavy atom. The predicted octanol–water partition coefficient (Wildman–Crippen LogP) is 3.53. The first-order valence-corrected chi connectivity index (χ1v) is 8.18. The van der Waals surface area contributed by atoms with E-state index in [-0.39, 0.29) is 12.1 Å². The van der Waals surface area contributed by atoms with E-state index in [2.05, 4.69) is 5.32 Å². The Bertz CT molecular complexity index is 446. The molecule has 1 saturated heterocycles. The maximum atomic E-state index is 12.3. The number of ether oxygens (including phenoxy) is 1. The second-order valence-electron chi connectivity index (χ2n) is 5.08. The van der Waals surface area contributed by atoms with E-state index in [0.29, 0.717) is 12.5 Å². The number of rotatable bonds is 5. The number of hydrogen-bond donors (Lipinski definition) is 1. The fourth-order valence-corrected chi connectivity index (χ4v) is 3.37. The van der Waals surface area contributed by atoms with Crippen molar-refractivity contribution in [2.24, 2.45) is 5.92 Å². The van der Waals surface area contributed by atoms with Gasteiger partial charge in [-0.05, 0) is 32.4 Å². The second kappa shape index (κ2) is 7.29. The van der Waals surface area contributed by atoms with E-state index < -0.39 is 0 Å². The molecule has 0 saturated carbocycles. The summed E-state index contributed by atoms with van der Waals surface area (Å²) in [5.74, 6) is 0.465. The van der Waals surface area contributed by atoms with Crippen molar-refractivity contribution in [1.29, 1.82) is 0 Å². The van der Waals surface area contributed by atoms with E-state index in [0.717, 1.165) is 35.4 Å². The number of thiophene rings is 1. The van der Waals surface area contributed by atoms with Gasteiger partial charge in [-0.2, -0.15) is 0 Å². The van der Waals surface area contributed by atoms with Gasteiger partial charge in [-0.25, -0.2) is 4.79 Å². The molecule has 0 bridgehead atoms. The van der Waals surface area contributed by atoms with E-state index >= 15 is 0 Å². The molecular formula is C14H21ClN2O2S. The number of hydrogen-bond acceptors (Lipinski definition) is 3. The van der Waals surface area contributed by atoms with Crippen molar-refractivity contribution >= 4 is 29.0 Å². The lowest BCUT2D eigenvalue weighted by atomic mass is 10.1. The molecule has 0 aliphatic carbocycles. The summed E-state index contributed by atoms with van der Waals surface area (Å²) in [6.45, 7) is 7.03. The summed E-state index contributed by atoms with van der Waals surface area (Å²) in [5.41, 5.74) is 0. The van der Waals surface area contributed by atoms with Crippen molar-refractivity contribution in [1.82, 2.24) is 10.2 Å². The Hall–Kier alpha value is -0.780. The van der Waals surface area contributed by atoms with Crippen LogP contribution in [0.4, 0.5) is 4.79 Å². The van der Waals surface area contributed by atoms with Crippen molar-refractivity contribution in [2.45, 2.75) is 26.3 Å². The van der Waals surface area contributed by atoms with Gasteiger partial charge in [0.25, 0.3) is 0 Å². The Balaban J connectivity index is 1.87. The predicted molar refractivity (Wildman–Crippen MR) is 82.4 cm³/mol. The first kappa shape index (κ1) is 15.6. The van der Waals surface area contributed by atoms with Gasteiger partial charge in [-0.1, -0.05) is 11.6 Å². The van der Waals surface area contributed by atoms with Gasteiger partial charge in [0.15, 0.2) is 0 Å². The molecule has 1 aliphatic rings. The third-order valence-corrected chi connectivity index (χ3v) is 4.95. The van der Waals surface area contributed by atoms with Crippen molar-refractivity contribution in [3.05, 3.63) is 21.3 Å². The molecule has 1 aromatic rings. The van der Waals surface area contributed by atoms with Gasteiger partial charge in [0.1, 0.15) is 0 Å². The highest BCUT2D eigenvalue weighted by atomic mass is 35.5. The Morgan fingerprint density at radius 3 is 3.00 bits per heavy atom. The summed E-state index contributed by atoms with van der Waals surface area (Å²) >= 11 is 7.43. The van der Waals surface area contributed by atoms with Crippen LogP contribution in [-0.4, -0.2) is 37.2 Å². The van der Waals surface area contributed by atoms with Crippen LogP contribution in [0.2, 0.25) is 4.34 Å². The van der Waals surface area contributed by atoms with Gasteiger partial charge in [0, 0.05) is 30.5 Å². The lowest BCUT2D eigenvalue weighted by Gasteiger charge is -2.25. The highest BCUT2D eigenvalue weighted by Crippen LogP contribution is 2.26. The molecular weight excluding hydrogens is 296 g/mol. The maximum Gasteiger partial charge on any atom is 0.317 e. The van der Waals surface area contributed by atoms with E-state index in [1.807, 2.05) is 30.9 Å². The highest BCUT2D eigenvalue weighted by molar-refractivity contribution is 7.16. The van der Waals surface area contributed by atoms with Gasteiger partial charge in [0.05, 0.1) is 17.0 Å². The normalized spacial score (nSPS) is 19.9. The van der Waals surface area contributed by atoms with Gasteiger partial charge < -0.3 is 15.0 Å². The standard InChI is InChI=1S/C14H21ClN2O2S/c1-3-17(8-11-6-7-19-9-11)14(18)16-10(2)12-4-5-13(15)20-12/h4-5,10-11H,3,6-9H2,1-2H3,(H,16,18)/t10-,11+/m0/s1. The number of carbonyl (C=O) groups is 1. The molecule has 112 valence electrons. The smallest absolute Gasteiger partial charge is 0.317 e. The minimum atomic E-state index is -0.0196. The fraction of sp³-hybridized carbons (Fsp3) is 0.643. The maximum absolute atomic E-state index is 12.3. The van der Waals surface area contributed by atoms with Crippen LogP contribution in [0, 0.1) is 5.92 Å². The van der Waals surface area contributed by atoms with Crippen LogP contribution in [0.25, 0.3) is 0 Å². The molecule has 2 atom stereocenters. The molecule has 1 N–H and O–H groups in total. The van der Waals surface area contributed by atoms with Crippen LogP contribution >= 0.6 is 22.9 Å². The second-order valence-corrected chi connectivity index (χ2v) is 6.83. The molecule has 0 spiro atoms. The SMILES string of the molecule is CCN(C[C@H]1CCOC1)C(=O)N[C@@H](C)c1ccc(Cl)s1. The highest BCUT2D eigenvalue weighted by Gasteiger charge is 2.22. The molecule has 2 heterocycles. The molecule has 1 fully saturated rings. The van der Waals surface area contributed by atoms with Crippen molar-refractivity contribution in [3.63, 3.8) is 0 Å². The monoisotopic (exact) mass is 316 g/mol. The minimum Gasteiger partial charge on any atom is -0.381 e. The zero-order chi connectivity index (χ0) is 14.5. The number of urea groups is 1. The summed E-state index contributed by atoms with van der Waals surface area (Å²) in [4.78, 5) is 15.2. The summed E-state index contributed by atoms with van der Waals surface area (Å²) in [7, 11) is 0. The van der Waals surface area contributed by atoms with Crippen LogP contribution in [0.3, 0.4) is 0 Å². The molecule has 0 radical (unpaired) electrons. The largest absolute Gasteiger partial charge is 0.381 e.